The molecule has 0 bridgehead atoms. The summed E-state index contributed by atoms with van der Waals surface area (Å²) in [5, 5.41) is 0.310. The molecular formula is C8H7BrClN3OS. The van der Waals surface area contributed by atoms with E-state index in [4.69, 9.17) is 11.6 Å². The summed E-state index contributed by atoms with van der Waals surface area (Å²) >= 11 is 13.2. The van der Waals surface area contributed by atoms with Crippen LogP contribution in [0.4, 0.5) is 5.82 Å². The number of thiol groups is 1. The molecule has 80 valence electrons. The Morgan fingerprint density at radius 1 is 1.67 bits per heavy atom. The topological polar surface area (TPSA) is 46.1 Å². The lowest BCUT2D eigenvalue weighted by molar-refractivity contribution is -0.117. The van der Waals surface area contributed by atoms with Crippen LogP contribution in [0.5, 0.6) is 0 Å². The van der Waals surface area contributed by atoms with Gasteiger partial charge in [0.05, 0.1) is 6.20 Å². The Hall–Kier alpha value is -0.330. The van der Waals surface area contributed by atoms with Gasteiger partial charge >= 0.3 is 0 Å². The van der Waals surface area contributed by atoms with Crippen molar-refractivity contribution in [1.29, 1.82) is 0 Å². The predicted molar refractivity (Wildman–Crippen MR) is 64.5 cm³/mol. The van der Waals surface area contributed by atoms with Gasteiger partial charge in [-0.3, -0.25) is 9.69 Å². The first-order chi connectivity index (χ1) is 7.08. The SMILES string of the molecule is O=C1CC(S)CN1c1cnc(Br)c(Cl)n1. The van der Waals surface area contributed by atoms with Gasteiger partial charge in [0, 0.05) is 18.2 Å². The highest BCUT2D eigenvalue weighted by molar-refractivity contribution is 9.10. The Morgan fingerprint density at radius 2 is 2.40 bits per heavy atom. The van der Waals surface area contributed by atoms with E-state index in [1.165, 1.54) is 6.20 Å². The second-order valence-corrected chi connectivity index (χ2v) is 5.01. The zero-order valence-electron chi connectivity index (χ0n) is 7.52. The first-order valence-corrected chi connectivity index (χ1v) is 5.93. The maximum Gasteiger partial charge on any atom is 0.229 e. The fourth-order valence-corrected chi connectivity index (χ4v) is 2.03. The van der Waals surface area contributed by atoms with Crippen LogP contribution in [0.2, 0.25) is 5.15 Å². The molecule has 15 heavy (non-hydrogen) atoms. The Balaban J connectivity index is 2.30. The summed E-state index contributed by atoms with van der Waals surface area (Å²) in [4.78, 5) is 21.1. The Bertz CT molecular complexity index is 417. The van der Waals surface area contributed by atoms with Crippen molar-refractivity contribution in [1.82, 2.24) is 9.97 Å². The van der Waals surface area contributed by atoms with Gasteiger partial charge in [-0.15, -0.1) is 0 Å². The van der Waals surface area contributed by atoms with Crippen LogP contribution in [0, 0.1) is 0 Å². The third kappa shape index (κ3) is 2.26. The maximum atomic E-state index is 11.5. The second kappa shape index (κ2) is 4.27. The van der Waals surface area contributed by atoms with Gasteiger partial charge in [0.15, 0.2) is 11.0 Å². The van der Waals surface area contributed by atoms with Gasteiger partial charge in [-0.1, -0.05) is 11.6 Å². The molecule has 1 atom stereocenters. The number of carbonyl (C=O) groups is 1. The molecule has 4 nitrogen and oxygen atoms in total. The van der Waals surface area contributed by atoms with E-state index >= 15 is 0 Å². The summed E-state index contributed by atoms with van der Waals surface area (Å²) in [5.41, 5.74) is 0. The van der Waals surface area contributed by atoms with Crippen LogP contribution < -0.4 is 4.90 Å². The van der Waals surface area contributed by atoms with Crippen molar-refractivity contribution in [2.45, 2.75) is 11.7 Å². The van der Waals surface area contributed by atoms with Gasteiger partial charge in [0.25, 0.3) is 0 Å². The molecule has 0 spiro atoms. The lowest BCUT2D eigenvalue weighted by Gasteiger charge is -2.14. The minimum Gasteiger partial charge on any atom is -0.294 e. The molecule has 2 rings (SSSR count). The molecule has 2 heterocycles. The fourth-order valence-electron chi connectivity index (χ4n) is 1.38. The maximum absolute atomic E-state index is 11.5. The van der Waals surface area contributed by atoms with Crippen molar-refractivity contribution in [2.24, 2.45) is 0 Å². The normalized spacial score (nSPS) is 21.1. The van der Waals surface area contributed by atoms with E-state index in [1.54, 1.807) is 4.90 Å². The van der Waals surface area contributed by atoms with Gasteiger partial charge < -0.3 is 0 Å². The van der Waals surface area contributed by atoms with Crippen LogP contribution in [-0.2, 0) is 4.79 Å². The van der Waals surface area contributed by atoms with E-state index in [9.17, 15) is 4.79 Å². The summed E-state index contributed by atoms with van der Waals surface area (Å²) in [6.07, 6.45) is 1.94. The van der Waals surface area contributed by atoms with E-state index in [0.717, 1.165) is 0 Å². The average Bonchev–Trinajstić information content (AvgIpc) is 2.50. The summed E-state index contributed by atoms with van der Waals surface area (Å²) in [5.74, 6) is 0.479. The lowest BCUT2D eigenvalue weighted by atomic mass is 10.4. The van der Waals surface area contributed by atoms with Gasteiger partial charge in [0.1, 0.15) is 4.60 Å². The average molecular weight is 309 g/mol. The van der Waals surface area contributed by atoms with Crippen molar-refractivity contribution >= 4 is 51.9 Å². The number of rotatable bonds is 1. The van der Waals surface area contributed by atoms with Crippen LogP contribution >= 0.6 is 40.2 Å². The molecule has 0 aliphatic carbocycles. The molecule has 1 fully saturated rings. The number of amides is 1. The number of aromatic nitrogens is 2. The van der Waals surface area contributed by atoms with Gasteiger partial charge in [-0.05, 0) is 15.9 Å². The number of halogens is 2. The molecule has 0 radical (unpaired) electrons. The molecule has 0 N–H and O–H groups in total. The highest BCUT2D eigenvalue weighted by atomic mass is 79.9. The third-order valence-corrected chi connectivity index (χ3v) is 3.48. The number of hydrogen-bond acceptors (Lipinski definition) is 4. The van der Waals surface area contributed by atoms with Gasteiger partial charge in [0.2, 0.25) is 5.91 Å². The van der Waals surface area contributed by atoms with Crippen molar-refractivity contribution < 1.29 is 4.79 Å². The Kier molecular flexibility index (Phi) is 3.18. The molecule has 7 heteroatoms. The number of carbonyl (C=O) groups excluding carboxylic acids is 1. The second-order valence-electron chi connectivity index (χ2n) is 3.17. The quantitative estimate of drug-likeness (QED) is 0.806. The largest absolute Gasteiger partial charge is 0.294 e. The Morgan fingerprint density at radius 3 is 2.93 bits per heavy atom. The summed E-state index contributed by atoms with van der Waals surface area (Å²) in [6.45, 7) is 0.550. The molecule has 1 amide bonds. The first-order valence-electron chi connectivity index (χ1n) is 4.24. The van der Waals surface area contributed by atoms with Crippen molar-refractivity contribution in [3.63, 3.8) is 0 Å². The molecule has 0 saturated carbocycles. The van der Waals surface area contributed by atoms with Crippen LogP contribution in [0.15, 0.2) is 10.8 Å². The lowest BCUT2D eigenvalue weighted by Crippen LogP contribution is -2.25. The monoisotopic (exact) mass is 307 g/mol. The molecule has 1 aromatic heterocycles. The van der Waals surface area contributed by atoms with Crippen molar-refractivity contribution in [3.05, 3.63) is 16.0 Å². The number of hydrogen-bond donors (Lipinski definition) is 1. The predicted octanol–water partition coefficient (Wildman–Crippen LogP) is 1.93. The highest BCUT2D eigenvalue weighted by Gasteiger charge is 2.29. The zero-order valence-corrected chi connectivity index (χ0v) is 10.8. The van der Waals surface area contributed by atoms with Gasteiger partial charge in [-0.25, -0.2) is 9.97 Å². The minimum absolute atomic E-state index is 0.00249. The van der Waals surface area contributed by atoms with Crippen LogP contribution in [0.3, 0.4) is 0 Å². The molecule has 1 aromatic rings. The number of nitrogens with zero attached hydrogens (tertiary/aromatic N) is 3. The number of anilines is 1. The Labute approximate surface area is 106 Å². The van der Waals surface area contributed by atoms with Crippen LogP contribution in [0.1, 0.15) is 6.42 Å². The molecule has 1 aliphatic heterocycles. The molecule has 0 aromatic carbocycles. The fraction of sp³-hybridized carbons (Fsp3) is 0.375. The molecule has 1 saturated heterocycles. The van der Waals surface area contributed by atoms with E-state index in [-0.39, 0.29) is 16.3 Å². The smallest absolute Gasteiger partial charge is 0.229 e. The van der Waals surface area contributed by atoms with E-state index in [1.807, 2.05) is 0 Å². The standard InChI is InChI=1S/C8H7BrClN3OS/c9-7-8(10)12-5(2-11-7)13-3-4(15)1-6(13)14/h2,4,15H,1,3H2. The van der Waals surface area contributed by atoms with Crippen molar-refractivity contribution in [2.75, 3.05) is 11.4 Å². The summed E-state index contributed by atoms with van der Waals surface area (Å²) in [6, 6.07) is 0. The van der Waals surface area contributed by atoms with Crippen LogP contribution in [-0.4, -0.2) is 27.7 Å². The van der Waals surface area contributed by atoms with E-state index < -0.39 is 0 Å². The van der Waals surface area contributed by atoms with E-state index in [0.29, 0.717) is 23.4 Å². The minimum atomic E-state index is 0.00249. The highest BCUT2D eigenvalue weighted by Crippen LogP contribution is 2.25. The van der Waals surface area contributed by atoms with Crippen molar-refractivity contribution in [3.8, 4) is 0 Å². The first kappa shape index (κ1) is 11.2. The third-order valence-electron chi connectivity index (χ3n) is 2.06. The summed E-state index contributed by atoms with van der Waals surface area (Å²) in [7, 11) is 0. The van der Waals surface area contributed by atoms with E-state index in [2.05, 4.69) is 38.5 Å². The molecular weight excluding hydrogens is 302 g/mol. The van der Waals surface area contributed by atoms with Gasteiger partial charge in [-0.2, -0.15) is 12.6 Å². The molecule has 1 unspecified atom stereocenters. The molecule has 1 aliphatic rings. The zero-order chi connectivity index (χ0) is 11.0. The summed E-state index contributed by atoms with van der Waals surface area (Å²) < 4.78 is 0.474. The van der Waals surface area contributed by atoms with Crippen LogP contribution in [0.25, 0.3) is 0 Å².